The maximum atomic E-state index is 12.9. The number of amides is 1. The summed E-state index contributed by atoms with van der Waals surface area (Å²) < 4.78 is 0. The first-order chi connectivity index (χ1) is 11.7. The Hall–Kier alpha value is -2.02. The quantitative estimate of drug-likeness (QED) is 0.908. The summed E-state index contributed by atoms with van der Waals surface area (Å²) in [5.41, 5.74) is 0.823. The molecule has 0 spiro atoms. The van der Waals surface area contributed by atoms with Gasteiger partial charge in [-0.25, -0.2) is 9.97 Å². The van der Waals surface area contributed by atoms with Crippen molar-refractivity contribution in [1.29, 1.82) is 0 Å². The molecule has 1 fully saturated rings. The summed E-state index contributed by atoms with van der Waals surface area (Å²) in [7, 11) is 0. The van der Waals surface area contributed by atoms with Gasteiger partial charge in [0.05, 0.1) is 10.3 Å². The van der Waals surface area contributed by atoms with Gasteiger partial charge in [-0.2, -0.15) is 0 Å². The minimum atomic E-state index is 0.163. The number of rotatable bonds is 2. The number of anilines is 1. The summed E-state index contributed by atoms with van der Waals surface area (Å²) >= 11 is 1.65. The van der Waals surface area contributed by atoms with E-state index in [1.165, 1.54) is 6.42 Å². The van der Waals surface area contributed by atoms with E-state index in [1.54, 1.807) is 18.1 Å². The van der Waals surface area contributed by atoms with Crippen molar-refractivity contribution in [2.75, 3.05) is 30.3 Å². The van der Waals surface area contributed by atoms with Gasteiger partial charge in [-0.3, -0.25) is 4.79 Å². The zero-order valence-corrected chi connectivity index (χ0v) is 14.6. The summed E-state index contributed by atoms with van der Waals surface area (Å²) in [5.74, 6) is 2.50. The molecule has 4 heterocycles. The highest BCUT2D eigenvalue weighted by Crippen LogP contribution is 2.30. The predicted octanol–water partition coefficient (Wildman–Crippen LogP) is 2.61. The second-order valence-electron chi connectivity index (χ2n) is 6.47. The van der Waals surface area contributed by atoms with Crippen molar-refractivity contribution in [3.05, 3.63) is 29.7 Å². The molecular formula is C17H21N5OS. The third kappa shape index (κ3) is 2.88. The van der Waals surface area contributed by atoms with Gasteiger partial charge in [0.25, 0.3) is 5.91 Å². The smallest absolute Gasteiger partial charge is 0.261 e. The monoisotopic (exact) mass is 343 g/mol. The fourth-order valence-corrected chi connectivity index (χ4v) is 4.36. The van der Waals surface area contributed by atoms with Crippen LogP contribution in [0.25, 0.3) is 11.0 Å². The second-order valence-corrected chi connectivity index (χ2v) is 7.61. The number of thioether (sulfide) groups is 1. The van der Waals surface area contributed by atoms with Crippen LogP contribution < -0.4 is 4.90 Å². The number of likely N-dealkylation sites (tertiary alicyclic amines) is 1. The van der Waals surface area contributed by atoms with Gasteiger partial charge < -0.3 is 14.8 Å². The van der Waals surface area contributed by atoms with E-state index in [-0.39, 0.29) is 5.91 Å². The second kappa shape index (κ2) is 6.47. The van der Waals surface area contributed by atoms with Crippen LogP contribution in [0.4, 0.5) is 5.82 Å². The Morgan fingerprint density at radius 1 is 1.38 bits per heavy atom. The van der Waals surface area contributed by atoms with E-state index in [9.17, 15) is 4.79 Å². The molecule has 0 radical (unpaired) electrons. The molecule has 0 saturated carbocycles. The zero-order valence-electron chi connectivity index (χ0n) is 13.7. The van der Waals surface area contributed by atoms with Crippen molar-refractivity contribution in [1.82, 2.24) is 19.9 Å². The first-order valence-corrected chi connectivity index (χ1v) is 9.39. The molecule has 1 amide bonds. The van der Waals surface area contributed by atoms with Crippen LogP contribution in [-0.2, 0) is 4.79 Å². The van der Waals surface area contributed by atoms with Gasteiger partial charge in [0.1, 0.15) is 17.8 Å². The molecule has 0 bridgehead atoms. The summed E-state index contributed by atoms with van der Waals surface area (Å²) in [6, 6.07) is 1.98. The van der Waals surface area contributed by atoms with Crippen LogP contribution in [0.2, 0.25) is 0 Å². The maximum absolute atomic E-state index is 12.9. The molecule has 2 aliphatic heterocycles. The van der Waals surface area contributed by atoms with Crippen molar-refractivity contribution >= 4 is 34.5 Å². The molecule has 126 valence electrons. The molecule has 1 N–H and O–H groups in total. The molecule has 24 heavy (non-hydrogen) atoms. The van der Waals surface area contributed by atoms with Gasteiger partial charge in [0.15, 0.2) is 0 Å². The number of aromatic amines is 1. The van der Waals surface area contributed by atoms with E-state index in [1.807, 2.05) is 23.4 Å². The van der Waals surface area contributed by atoms with Crippen LogP contribution in [0, 0.1) is 5.92 Å². The Morgan fingerprint density at radius 2 is 2.29 bits per heavy atom. The largest absolute Gasteiger partial charge is 0.346 e. The predicted molar refractivity (Wildman–Crippen MR) is 96.8 cm³/mol. The van der Waals surface area contributed by atoms with Crippen molar-refractivity contribution < 1.29 is 4.79 Å². The number of carbonyl (C=O) groups excluding carboxylic acids is 1. The summed E-state index contributed by atoms with van der Waals surface area (Å²) in [4.78, 5) is 29.5. The lowest BCUT2D eigenvalue weighted by Crippen LogP contribution is -2.40. The Kier molecular flexibility index (Phi) is 4.18. The van der Waals surface area contributed by atoms with Crippen LogP contribution in [-0.4, -0.2) is 51.1 Å². The third-order valence-corrected chi connectivity index (χ3v) is 5.60. The van der Waals surface area contributed by atoms with Gasteiger partial charge in [0.2, 0.25) is 0 Å². The Labute approximate surface area is 145 Å². The van der Waals surface area contributed by atoms with Crippen LogP contribution in [0.1, 0.15) is 19.8 Å². The van der Waals surface area contributed by atoms with E-state index in [4.69, 9.17) is 0 Å². The van der Waals surface area contributed by atoms with Crippen LogP contribution in [0.5, 0.6) is 0 Å². The van der Waals surface area contributed by atoms with Gasteiger partial charge >= 0.3 is 0 Å². The van der Waals surface area contributed by atoms with E-state index in [2.05, 4.69) is 26.8 Å². The maximum Gasteiger partial charge on any atom is 0.261 e. The molecule has 2 aromatic heterocycles. The number of H-pyrrole nitrogens is 1. The average molecular weight is 343 g/mol. The van der Waals surface area contributed by atoms with Gasteiger partial charge in [-0.05, 0) is 24.8 Å². The highest BCUT2D eigenvalue weighted by molar-refractivity contribution is 8.04. The highest BCUT2D eigenvalue weighted by atomic mass is 32.2. The molecule has 0 aliphatic carbocycles. The van der Waals surface area contributed by atoms with Crippen molar-refractivity contribution in [2.45, 2.75) is 19.8 Å². The van der Waals surface area contributed by atoms with E-state index in [0.717, 1.165) is 53.6 Å². The first-order valence-electron chi connectivity index (χ1n) is 8.41. The van der Waals surface area contributed by atoms with Crippen molar-refractivity contribution in [3.63, 3.8) is 0 Å². The van der Waals surface area contributed by atoms with Gasteiger partial charge in [-0.15, -0.1) is 11.8 Å². The van der Waals surface area contributed by atoms with E-state index >= 15 is 0 Å². The fraction of sp³-hybridized carbons (Fsp3) is 0.471. The number of nitrogens with zero attached hydrogens (tertiary/aromatic N) is 4. The summed E-state index contributed by atoms with van der Waals surface area (Å²) in [6.45, 7) is 4.80. The molecule has 1 atom stereocenters. The van der Waals surface area contributed by atoms with Gasteiger partial charge in [0, 0.05) is 37.8 Å². The van der Waals surface area contributed by atoms with Crippen molar-refractivity contribution in [3.8, 4) is 0 Å². The lowest BCUT2D eigenvalue weighted by atomic mass is 10.0. The minimum Gasteiger partial charge on any atom is -0.346 e. The standard InChI is InChI=1S/C17H21N5OS/c1-12-3-2-6-22(9-12)17(23)14-10-21(7-8-24-14)16-13-4-5-18-15(13)19-11-20-16/h4-5,10-12H,2-3,6-9H2,1H3,(H,18,19,20). The lowest BCUT2D eigenvalue weighted by Gasteiger charge is -2.33. The molecular weight excluding hydrogens is 322 g/mol. The van der Waals surface area contributed by atoms with Gasteiger partial charge in [-0.1, -0.05) is 6.92 Å². The minimum absolute atomic E-state index is 0.163. The number of piperidine rings is 1. The first kappa shape index (κ1) is 15.5. The number of fused-ring (bicyclic) bond motifs is 1. The molecule has 1 saturated heterocycles. The number of hydrogen-bond acceptors (Lipinski definition) is 5. The molecule has 6 nitrogen and oxygen atoms in total. The Morgan fingerprint density at radius 3 is 3.17 bits per heavy atom. The summed E-state index contributed by atoms with van der Waals surface area (Å²) in [6.07, 6.45) is 7.72. The summed E-state index contributed by atoms with van der Waals surface area (Å²) in [5, 5.41) is 0.985. The average Bonchev–Trinajstić information content (AvgIpc) is 3.10. The van der Waals surface area contributed by atoms with Crippen LogP contribution in [0.15, 0.2) is 29.7 Å². The Balaban J connectivity index is 1.61. The molecule has 7 heteroatoms. The molecule has 2 aliphatic rings. The van der Waals surface area contributed by atoms with Crippen molar-refractivity contribution in [2.24, 2.45) is 5.92 Å². The Bertz CT molecular complexity index is 786. The van der Waals surface area contributed by atoms with Crippen LogP contribution in [0.3, 0.4) is 0 Å². The van der Waals surface area contributed by atoms with Crippen LogP contribution >= 0.6 is 11.8 Å². The number of hydrogen-bond donors (Lipinski definition) is 1. The highest BCUT2D eigenvalue weighted by Gasteiger charge is 2.27. The fourth-order valence-electron chi connectivity index (χ4n) is 3.40. The topological polar surface area (TPSA) is 65.1 Å². The third-order valence-electron chi connectivity index (χ3n) is 4.62. The lowest BCUT2D eigenvalue weighted by molar-refractivity contribution is -0.128. The van der Waals surface area contributed by atoms with E-state index < -0.39 is 0 Å². The van der Waals surface area contributed by atoms with E-state index in [0.29, 0.717) is 5.92 Å². The molecule has 2 aromatic rings. The zero-order chi connectivity index (χ0) is 16.5. The molecule has 4 rings (SSSR count). The molecule has 0 aromatic carbocycles. The molecule has 1 unspecified atom stereocenters. The number of nitrogens with one attached hydrogen (secondary N) is 1. The SMILES string of the molecule is CC1CCCN(C(=O)C2=CN(c3ncnc4[nH]ccc34)CCS2)C1. The number of aromatic nitrogens is 3. The number of carbonyl (C=O) groups is 1. The normalized spacial score (nSPS) is 21.9.